The van der Waals surface area contributed by atoms with Crippen molar-refractivity contribution in [3.8, 4) is 5.75 Å². The molecule has 0 fully saturated rings. The maximum absolute atomic E-state index is 11.5. The number of anilines is 1. The first kappa shape index (κ1) is 14.1. The summed E-state index contributed by atoms with van der Waals surface area (Å²) in [5.74, 6) is 0.0521. The van der Waals surface area contributed by atoms with Gasteiger partial charge < -0.3 is 9.84 Å². The molecule has 1 aromatic rings. The van der Waals surface area contributed by atoms with Crippen molar-refractivity contribution in [2.75, 3.05) is 11.3 Å². The van der Waals surface area contributed by atoms with Crippen molar-refractivity contribution in [1.82, 2.24) is 4.72 Å². The quantitative estimate of drug-likeness (QED) is 0.713. The molecule has 100 valence electrons. The van der Waals surface area contributed by atoms with Gasteiger partial charge in [-0.1, -0.05) is 0 Å². The van der Waals surface area contributed by atoms with Crippen molar-refractivity contribution in [2.45, 2.75) is 13.8 Å². The minimum atomic E-state index is -4.04. The molecule has 3 N–H and O–H groups in total. The van der Waals surface area contributed by atoms with E-state index < -0.39 is 16.3 Å². The number of hydrogen-bond acceptors (Lipinski definition) is 5. The number of amides is 1. The summed E-state index contributed by atoms with van der Waals surface area (Å²) in [5, 5.41) is 9.29. The minimum absolute atomic E-state index is 0.0521. The zero-order valence-electron chi connectivity index (χ0n) is 9.93. The van der Waals surface area contributed by atoms with Crippen molar-refractivity contribution in [1.29, 1.82) is 0 Å². The van der Waals surface area contributed by atoms with Crippen molar-refractivity contribution in [2.24, 2.45) is 0 Å². The van der Waals surface area contributed by atoms with Gasteiger partial charge in [0.1, 0.15) is 5.75 Å². The highest BCUT2D eigenvalue weighted by Gasteiger charge is 2.15. The first-order valence-electron chi connectivity index (χ1n) is 5.11. The Morgan fingerprint density at radius 3 is 2.67 bits per heavy atom. The summed E-state index contributed by atoms with van der Waals surface area (Å²) in [6.07, 6.45) is -1.06. The van der Waals surface area contributed by atoms with Crippen LogP contribution < -0.4 is 9.44 Å². The third kappa shape index (κ3) is 4.13. The van der Waals surface area contributed by atoms with E-state index >= 15 is 0 Å². The Hall–Kier alpha value is -1.96. The minimum Gasteiger partial charge on any atom is -0.508 e. The first-order valence-corrected chi connectivity index (χ1v) is 6.59. The summed E-state index contributed by atoms with van der Waals surface area (Å²) in [7, 11) is -4.04. The Morgan fingerprint density at radius 1 is 1.44 bits per heavy atom. The highest BCUT2D eigenvalue weighted by Crippen LogP contribution is 2.20. The fourth-order valence-electron chi connectivity index (χ4n) is 1.17. The normalized spacial score (nSPS) is 10.8. The number of phenolic OH excluding ortho intramolecular Hbond substituents is 1. The van der Waals surface area contributed by atoms with E-state index in [0.29, 0.717) is 5.56 Å². The number of ether oxygens (including phenoxy) is 1. The molecule has 0 atom stereocenters. The molecule has 0 aliphatic rings. The molecule has 0 saturated heterocycles. The molecule has 0 aliphatic carbocycles. The lowest BCUT2D eigenvalue weighted by Gasteiger charge is -2.10. The van der Waals surface area contributed by atoms with Crippen LogP contribution >= 0.6 is 0 Å². The lowest BCUT2D eigenvalue weighted by molar-refractivity contribution is 0.159. The molecule has 8 heteroatoms. The molecule has 0 radical (unpaired) electrons. The number of phenols is 1. The zero-order chi connectivity index (χ0) is 13.8. The maximum Gasteiger partial charge on any atom is 0.422 e. The molecule has 0 saturated carbocycles. The van der Waals surface area contributed by atoms with E-state index in [-0.39, 0.29) is 18.0 Å². The topological polar surface area (TPSA) is 105 Å². The summed E-state index contributed by atoms with van der Waals surface area (Å²) in [6.45, 7) is 3.24. The Morgan fingerprint density at radius 2 is 2.11 bits per heavy atom. The summed E-state index contributed by atoms with van der Waals surface area (Å²) < 4.78 is 31.2. The van der Waals surface area contributed by atoms with Gasteiger partial charge in [-0.3, -0.25) is 4.72 Å². The molecule has 18 heavy (non-hydrogen) atoms. The van der Waals surface area contributed by atoms with E-state index in [1.807, 2.05) is 0 Å². The Kier molecular flexibility index (Phi) is 4.38. The number of carbonyl (C=O) groups excluding carboxylic acids is 1. The molecule has 1 amide bonds. The van der Waals surface area contributed by atoms with Crippen molar-refractivity contribution in [3.63, 3.8) is 0 Å². The van der Waals surface area contributed by atoms with E-state index in [4.69, 9.17) is 0 Å². The number of aromatic hydroxyl groups is 1. The summed E-state index contributed by atoms with van der Waals surface area (Å²) >= 11 is 0. The Balaban J connectivity index is 2.76. The fraction of sp³-hybridized carbons (Fsp3) is 0.300. The molecular weight excluding hydrogens is 260 g/mol. The zero-order valence-corrected chi connectivity index (χ0v) is 10.7. The van der Waals surface area contributed by atoms with Gasteiger partial charge in [-0.25, -0.2) is 9.52 Å². The second-order valence-corrected chi connectivity index (χ2v) is 4.84. The summed E-state index contributed by atoms with van der Waals surface area (Å²) in [4.78, 5) is 11.0. The van der Waals surface area contributed by atoms with Crippen LogP contribution in [0, 0.1) is 6.92 Å². The van der Waals surface area contributed by atoms with Crippen LogP contribution in [-0.4, -0.2) is 26.2 Å². The summed E-state index contributed by atoms with van der Waals surface area (Å²) in [5.41, 5.74) is 0.730. The molecular formula is C10H14N2O5S. The molecule has 0 spiro atoms. The molecule has 1 aromatic carbocycles. The number of aryl methyl sites for hydroxylation is 1. The van der Waals surface area contributed by atoms with Crippen LogP contribution in [0.25, 0.3) is 0 Å². The third-order valence-electron chi connectivity index (χ3n) is 1.94. The maximum atomic E-state index is 11.5. The molecule has 0 aliphatic heterocycles. The average Bonchev–Trinajstić information content (AvgIpc) is 2.22. The molecule has 0 heterocycles. The second kappa shape index (κ2) is 5.58. The van der Waals surface area contributed by atoms with Crippen LogP contribution in [0.1, 0.15) is 12.5 Å². The van der Waals surface area contributed by atoms with Crippen LogP contribution in [0.3, 0.4) is 0 Å². The Bertz CT molecular complexity index is 541. The van der Waals surface area contributed by atoms with Crippen molar-refractivity contribution in [3.05, 3.63) is 23.8 Å². The van der Waals surface area contributed by atoms with Gasteiger partial charge in [0.05, 0.1) is 12.3 Å². The lowest BCUT2D eigenvalue weighted by atomic mass is 10.2. The van der Waals surface area contributed by atoms with Crippen LogP contribution in [0.4, 0.5) is 10.5 Å². The van der Waals surface area contributed by atoms with E-state index in [1.165, 1.54) is 18.2 Å². The highest BCUT2D eigenvalue weighted by atomic mass is 32.2. The van der Waals surface area contributed by atoms with Gasteiger partial charge in [-0.15, -0.1) is 0 Å². The number of hydrogen-bond donors (Lipinski definition) is 3. The number of benzene rings is 1. The van der Waals surface area contributed by atoms with Crippen LogP contribution in [0.5, 0.6) is 5.75 Å². The van der Waals surface area contributed by atoms with Crippen LogP contribution in [0.15, 0.2) is 18.2 Å². The van der Waals surface area contributed by atoms with Gasteiger partial charge in [-0.05, 0) is 37.6 Å². The lowest BCUT2D eigenvalue weighted by Crippen LogP contribution is -2.35. The smallest absolute Gasteiger partial charge is 0.422 e. The van der Waals surface area contributed by atoms with E-state index in [0.717, 1.165) is 0 Å². The average molecular weight is 274 g/mol. The van der Waals surface area contributed by atoms with Crippen LogP contribution in [0.2, 0.25) is 0 Å². The predicted octanol–water partition coefficient (Wildman–Crippen LogP) is 1.10. The molecule has 0 bridgehead atoms. The number of rotatable bonds is 4. The fourth-order valence-corrected chi connectivity index (χ4v) is 1.94. The molecule has 0 aromatic heterocycles. The van der Waals surface area contributed by atoms with Gasteiger partial charge in [0.25, 0.3) is 0 Å². The van der Waals surface area contributed by atoms with Gasteiger partial charge >= 0.3 is 16.3 Å². The SMILES string of the molecule is CCOC(=O)NS(=O)(=O)Nc1ccc(O)c(C)c1. The highest BCUT2D eigenvalue weighted by molar-refractivity contribution is 7.91. The monoisotopic (exact) mass is 274 g/mol. The first-order chi connectivity index (χ1) is 8.34. The predicted molar refractivity (Wildman–Crippen MR) is 65.5 cm³/mol. The van der Waals surface area contributed by atoms with E-state index in [9.17, 15) is 18.3 Å². The number of carbonyl (C=O) groups is 1. The van der Waals surface area contributed by atoms with Crippen molar-refractivity contribution < 1.29 is 23.1 Å². The van der Waals surface area contributed by atoms with E-state index in [2.05, 4.69) is 9.46 Å². The largest absolute Gasteiger partial charge is 0.508 e. The van der Waals surface area contributed by atoms with Crippen molar-refractivity contribution >= 4 is 22.0 Å². The Labute approximate surface area is 105 Å². The summed E-state index contributed by atoms with van der Waals surface area (Å²) in [6, 6.07) is 4.14. The second-order valence-electron chi connectivity index (χ2n) is 3.43. The van der Waals surface area contributed by atoms with E-state index in [1.54, 1.807) is 18.6 Å². The molecule has 7 nitrogen and oxygen atoms in total. The van der Waals surface area contributed by atoms with Crippen LogP contribution in [-0.2, 0) is 14.9 Å². The molecule has 0 unspecified atom stereocenters. The van der Waals surface area contributed by atoms with Gasteiger partial charge in [0.15, 0.2) is 0 Å². The van der Waals surface area contributed by atoms with Gasteiger partial charge in [0, 0.05) is 0 Å². The van der Waals surface area contributed by atoms with Gasteiger partial charge in [-0.2, -0.15) is 8.42 Å². The number of nitrogens with one attached hydrogen (secondary N) is 2. The third-order valence-corrected chi connectivity index (χ3v) is 2.88. The van der Waals surface area contributed by atoms with Gasteiger partial charge in [0.2, 0.25) is 0 Å². The molecule has 1 rings (SSSR count). The standard InChI is InChI=1S/C10H14N2O5S/c1-3-17-10(14)12-18(15,16)11-8-4-5-9(13)7(2)6-8/h4-6,11,13H,3H2,1-2H3,(H,12,14).